The van der Waals surface area contributed by atoms with E-state index >= 15 is 0 Å². The number of carboxylic acids is 2. The molecule has 0 aromatic carbocycles. The number of thioether (sulfide) groups is 1. The maximum atomic E-state index is 11.5. The van der Waals surface area contributed by atoms with Crippen LogP contribution in [0.3, 0.4) is 0 Å². The largest absolute Gasteiger partial charge is 0.481 e. The normalized spacial score (nSPS) is 11.5. The second kappa shape index (κ2) is 10.7. The van der Waals surface area contributed by atoms with Crippen molar-refractivity contribution < 1.29 is 19.8 Å². The first-order valence-electron chi connectivity index (χ1n) is 6.23. The summed E-state index contributed by atoms with van der Waals surface area (Å²) in [6.45, 7) is 0. The van der Waals surface area contributed by atoms with E-state index in [1.54, 1.807) is 11.8 Å². The van der Waals surface area contributed by atoms with Crippen LogP contribution < -0.4 is 0 Å². The monoisotopic (exact) mass is 326 g/mol. The van der Waals surface area contributed by atoms with Crippen molar-refractivity contribution >= 4 is 49.0 Å². The second-order valence-electron chi connectivity index (χ2n) is 4.39. The predicted molar refractivity (Wildman–Crippen MR) is 85.8 cm³/mol. The summed E-state index contributed by atoms with van der Waals surface area (Å²) in [5, 5.41) is 17.9. The maximum absolute atomic E-state index is 11.5. The quantitative estimate of drug-likeness (QED) is 0.328. The van der Waals surface area contributed by atoms with Gasteiger partial charge in [0.1, 0.15) is 0 Å². The van der Waals surface area contributed by atoms with Crippen LogP contribution in [0.4, 0.5) is 0 Å². The van der Waals surface area contributed by atoms with Gasteiger partial charge in [-0.05, 0) is 48.7 Å². The van der Waals surface area contributed by atoms with Gasteiger partial charge in [-0.2, -0.15) is 37.0 Å². The summed E-state index contributed by atoms with van der Waals surface area (Å²) >= 11 is 9.90. The van der Waals surface area contributed by atoms with Crippen LogP contribution in [0.2, 0.25) is 0 Å². The highest BCUT2D eigenvalue weighted by atomic mass is 32.2. The van der Waals surface area contributed by atoms with Crippen molar-refractivity contribution in [1.29, 1.82) is 0 Å². The van der Waals surface area contributed by atoms with E-state index in [2.05, 4.69) is 25.3 Å². The molecule has 0 aliphatic carbocycles. The minimum atomic E-state index is -0.786. The van der Waals surface area contributed by atoms with Crippen molar-refractivity contribution in [3.05, 3.63) is 0 Å². The second-order valence-corrected chi connectivity index (χ2v) is 6.51. The molecule has 4 nitrogen and oxygen atoms in total. The summed E-state index contributed by atoms with van der Waals surface area (Å²) in [4.78, 5) is 21.8. The maximum Gasteiger partial charge on any atom is 0.309 e. The number of carbonyl (C=O) groups is 2. The lowest BCUT2D eigenvalue weighted by Gasteiger charge is -2.28. The zero-order valence-corrected chi connectivity index (χ0v) is 13.5. The first kappa shape index (κ1) is 19.0. The van der Waals surface area contributed by atoms with Crippen LogP contribution in [-0.2, 0) is 9.59 Å². The molecule has 112 valence electrons. The molecular formula is C12H22O4S3. The Kier molecular flexibility index (Phi) is 10.7. The highest BCUT2D eigenvalue weighted by Gasteiger charge is 2.36. The zero-order chi connectivity index (χ0) is 14.7. The van der Waals surface area contributed by atoms with Gasteiger partial charge in [0.15, 0.2) is 0 Å². The van der Waals surface area contributed by atoms with E-state index in [0.717, 1.165) is 11.5 Å². The fourth-order valence-corrected chi connectivity index (χ4v) is 3.76. The van der Waals surface area contributed by atoms with Crippen molar-refractivity contribution in [2.24, 2.45) is 5.41 Å². The molecule has 0 aliphatic heterocycles. The summed E-state index contributed by atoms with van der Waals surface area (Å²) < 4.78 is 0. The number of rotatable bonds is 12. The average molecular weight is 327 g/mol. The van der Waals surface area contributed by atoms with Crippen molar-refractivity contribution in [2.45, 2.75) is 32.1 Å². The third-order valence-corrected chi connectivity index (χ3v) is 4.56. The Morgan fingerprint density at radius 1 is 1.00 bits per heavy atom. The number of hydrogen-bond acceptors (Lipinski definition) is 5. The Labute approximate surface area is 129 Å². The molecule has 0 saturated heterocycles. The van der Waals surface area contributed by atoms with Crippen LogP contribution in [0.25, 0.3) is 0 Å². The molecule has 7 heteroatoms. The molecular weight excluding hydrogens is 304 g/mol. The van der Waals surface area contributed by atoms with Gasteiger partial charge in [0.25, 0.3) is 0 Å². The first-order chi connectivity index (χ1) is 8.98. The van der Waals surface area contributed by atoms with E-state index in [0.29, 0.717) is 37.2 Å². The van der Waals surface area contributed by atoms with Crippen molar-refractivity contribution in [3.8, 4) is 0 Å². The molecule has 0 atom stereocenters. The molecule has 0 rings (SSSR count). The minimum Gasteiger partial charge on any atom is -0.481 e. The third kappa shape index (κ3) is 7.99. The molecule has 2 N–H and O–H groups in total. The van der Waals surface area contributed by atoms with Crippen molar-refractivity contribution in [3.63, 3.8) is 0 Å². The van der Waals surface area contributed by atoms with Gasteiger partial charge in [0, 0.05) is 6.42 Å². The Hall–Kier alpha value is -0.0100. The van der Waals surface area contributed by atoms with E-state index in [9.17, 15) is 14.7 Å². The molecule has 0 aliphatic rings. The molecule has 0 heterocycles. The average Bonchev–Trinajstić information content (AvgIpc) is 2.33. The van der Waals surface area contributed by atoms with E-state index in [-0.39, 0.29) is 6.42 Å². The highest BCUT2D eigenvalue weighted by Crippen LogP contribution is 2.34. The molecule has 0 aromatic rings. The van der Waals surface area contributed by atoms with Gasteiger partial charge < -0.3 is 10.2 Å². The number of hydrogen-bond donors (Lipinski definition) is 4. The van der Waals surface area contributed by atoms with Crippen LogP contribution in [0.15, 0.2) is 0 Å². The van der Waals surface area contributed by atoms with Crippen LogP contribution in [0.1, 0.15) is 32.1 Å². The number of thiol groups is 2. The Morgan fingerprint density at radius 2 is 1.58 bits per heavy atom. The number of aliphatic carboxylic acids is 2. The van der Waals surface area contributed by atoms with E-state index < -0.39 is 17.4 Å². The Morgan fingerprint density at radius 3 is 2.00 bits per heavy atom. The first-order valence-corrected chi connectivity index (χ1v) is 8.65. The summed E-state index contributed by atoms with van der Waals surface area (Å²) in [5.74, 6) is 1.01. The SMILES string of the molecule is O=C(O)CCCSCCC(CCS)(CCS)C(=O)O. The molecule has 0 amide bonds. The van der Waals surface area contributed by atoms with Gasteiger partial charge in [0.05, 0.1) is 5.41 Å². The van der Waals surface area contributed by atoms with E-state index in [4.69, 9.17) is 5.11 Å². The number of carboxylic acid groups (broad SMARTS) is 2. The summed E-state index contributed by atoms with van der Waals surface area (Å²) in [7, 11) is 0. The van der Waals surface area contributed by atoms with Crippen LogP contribution in [-0.4, -0.2) is 45.2 Å². The van der Waals surface area contributed by atoms with Crippen molar-refractivity contribution in [1.82, 2.24) is 0 Å². The predicted octanol–water partition coefficient (Wildman–Crippen LogP) is 2.69. The highest BCUT2D eigenvalue weighted by molar-refractivity contribution is 7.99. The van der Waals surface area contributed by atoms with Crippen molar-refractivity contribution in [2.75, 3.05) is 23.0 Å². The van der Waals surface area contributed by atoms with E-state index in [1.165, 1.54) is 0 Å². The third-order valence-electron chi connectivity index (χ3n) is 3.04. The Balaban J connectivity index is 4.11. The summed E-state index contributed by atoms with van der Waals surface area (Å²) in [6.07, 6.45) is 2.47. The summed E-state index contributed by atoms with van der Waals surface area (Å²) in [5.41, 5.74) is -0.733. The lowest BCUT2D eigenvalue weighted by Crippen LogP contribution is -2.33. The molecule has 0 aromatic heterocycles. The smallest absolute Gasteiger partial charge is 0.309 e. The molecule has 0 fully saturated rings. The lowest BCUT2D eigenvalue weighted by atomic mass is 9.80. The standard InChI is InChI=1S/C12H22O4S3/c13-10(14)2-1-8-19-9-5-12(3-6-17,4-7-18)11(15)16/h17-18H,1-9H2,(H,13,14)(H,15,16). The Bertz CT molecular complexity index is 278. The van der Waals surface area contributed by atoms with Gasteiger partial charge in [-0.1, -0.05) is 0 Å². The lowest BCUT2D eigenvalue weighted by molar-refractivity contribution is -0.149. The van der Waals surface area contributed by atoms with Gasteiger partial charge in [-0.3, -0.25) is 9.59 Å². The van der Waals surface area contributed by atoms with Crippen LogP contribution in [0.5, 0.6) is 0 Å². The minimum absolute atomic E-state index is 0.171. The fraction of sp³-hybridized carbons (Fsp3) is 0.833. The fourth-order valence-electron chi connectivity index (χ4n) is 1.82. The molecule has 19 heavy (non-hydrogen) atoms. The van der Waals surface area contributed by atoms with Gasteiger partial charge in [0.2, 0.25) is 0 Å². The van der Waals surface area contributed by atoms with E-state index in [1.807, 2.05) is 0 Å². The van der Waals surface area contributed by atoms with Gasteiger partial charge >= 0.3 is 11.9 Å². The zero-order valence-electron chi connectivity index (χ0n) is 10.9. The van der Waals surface area contributed by atoms with Crippen LogP contribution in [0, 0.1) is 5.41 Å². The molecule has 0 radical (unpaired) electrons. The molecule has 0 saturated carbocycles. The molecule has 0 bridgehead atoms. The van der Waals surface area contributed by atoms with Gasteiger partial charge in [-0.25, -0.2) is 0 Å². The molecule has 0 spiro atoms. The topological polar surface area (TPSA) is 74.6 Å². The van der Waals surface area contributed by atoms with Crippen LogP contribution >= 0.6 is 37.0 Å². The van der Waals surface area contributed by atoms with Gasteiger partial charge in [-0.15, -0.1) is 0 Å². The summed E-state index contributed by atoms with van der Waals surface area (Å²) in [6, 6.07) is 0. The molecule has 0 unspecified atom stereocenters.